The molecule has 0 saturated carbocycles. The highest BCUT2D eigenvalue weighted by Gasteiger charge is 2.40. The van der Waals surface area contributed by atoms with Crippen LogP contribution in [0.5, 0.6) is 11.5 Å². The minimum Gasteiger partial charge on any atom is -0.454 e. The molecule has 3 atom stereocenters. The standard InChI is InChI=1S/C17H22N2O2/c1-2-12-9-19-5-3-11-6-16-17(21-10-20-16)7-13(11)15(19)8-14(12)18-4-1/h6-7,12,14-15,18H,1-5,8-10H2. The quantitative estimate of drug-likeness (QED) is 0.792. The van der Waals surface area contributed by atoms with Gasteiger partial charge in [0.15, 0.2) is 11.5 Å². The maximum atomic E-state index is 5.59. The largest absolute Gasteiger partial charge is 0.454 e. The van der Waals surface area contributed by atoms with Gasteiger partial charge in [-0.25, -0.2) is 0 Å². The van der Waals surface area contributed by atoms with E-state index in [4.69, 9.17) is 9.47 Å². The summed E-state index contributed by atoms with van der Waals surface area (Å²) in [7, 11) is 0. The highest BCUT2D eigenvalue weighted by atomic mass is 16.7. The van der Waals surface area contributed by atoms with Crippen molar-refractivity contribution in [1.29, 1.82) is 0 Å². The van der Waals surface area contributed by atoms with E-state index in [0.29, 0.717) is 18.9 Å². The first-order chi connectivity index (χ1) is 10.4. The molecule has 21 heavy (non-hydrogen) atoms. The zero-order valence-corrected chi connectivity index (χ0v) is 12.3. The van der Waals surface area contributed by atoms with Crippen LogP contribution in [0.4, 0.5) is 0 Å². The summed E-state index contributed by atoms with van der Waals surface area (Å²) in [6, 6.07) is 5.74. The van der Waals surface area contributed by atoms with Gasteiger partial charge < -0.3 is 14.8 Å². The average molecular weight is 286 g/mol. The second-order valence-electron chi connectivity index (χ2n) is 6.86. The Hall–Kier alpha value is -1.26. The van der Waals surface area contributed by atoms with Gasteiger partial charge in [0, 0.05) is 25.2 Å². The van der Waals surface area contributed by atoms with E-state index in [1.807, 2.05) is 0 Å². The fraction of sp³-hybridized carbons (Fsp3) is 0.647. The highest BCUT2D eigenvalue weighted by Crippen LogP contribution is 2.44. The van der Waals surface area contributed by atoms with E-state index in [2.05, 4.69) is 22.3 Å². The van der Waals surface area contributed by atoms with E-state index in [0.717, 1.165) is 23.8 Å². The Labute approximate surface area is 125 Å². The lowest BCUT2D eigenvalue weighted by molar-refractivity contribution is 0.0551. The summed E-state index contributed by atoms with van der Waals surface area (Å²) in [6.07, 6.45) is 5.13. The number of hydrogen-bond acceptors (Lipinski definition) is 4. The maximum absolute atomic E-state index is 5.59. The number of piperidine rings is 2. The van der Waals surface area contributed by atoms with E-state index in [1.54, 1.807) is 0 Å². The summed E-state index contributed by atoms with van der Waals surface area (Å²) in [5, 5.41) is 3.75. The Balaban J connectivity index is 1.50. The fourth-order valence-electron chi connectivity index (χ4n) is 4.69. The van der Waals surface area contributed by atoms with Crippen molar-refractivity contribution >= 4 is 0 Å². The molecule has 1 aromatic rings. The van der Waals surface area contributed by atoms with E-state index >= 15 is 0 Å². The lowest BCUT2D eigenvalue weighted by Gasteiger charge is -2.49. The third-order valence-electron chi connectivity index (χ3n) is 5.78. The number of ether oxygens (including phenoxy) is 2. The predicted molar refractivity (Wildman–Crippen MR) is 79.7 cm³/mol. The molecule has 4 aliphatic rings. The molecule has 2 saturated heterocycles. The summed E-state index contributed by atoms with van der Waals surface area (Å²) in [4.78, 5) is 2.71. The molecule has 0 radical (unpaired) electrons. The second kappa shape index (κ2) is 4.62. The zero-order valence-electron chi connectivity index (χ0n) is 12.3. The molecule has 5 rings (SSSR count). The number of fused-ring (bicyclic) bond motifs is 5. The van der Waals surface area contributed by atoms with E-state index < -0.39 is 0 Å². The summed E-state index contributed by atoms with van der Waals surface area (Å²) in [5.74, 6) is 2.73. The Bertz CT molecular complexity index is 574. The Morgan fingerprint density at radius 2 is 2.10 bits per heavy atom. The summed E-state index contributed by atoms with van der Waals surface area (Å²) < 4.78 is 11.1. The van der Waals surface area contributed by atoms with Gasteiger partial charge in [-0.3, -0.25) is 4.90 Å². The van der Waals surface area contributed by atoms with Gasteiger partial charge in [0.2, 0.25) is 6.79 Å². The van der Waals surface area contributed by atoms with Gasteiger partial charge in [0.1, 0.15) is 0 Å². The molecule has 4 heteroatoms. The molecular weight excluding hydrogens is 264 g/mol. The van der Waals surface area contributed by atoms with E-state index in [1.165, 1.54) is 50.0 Å². The first-order valence-electron chi connectivity index (χ1n) is 8.28. The van der Waals surface area contributed by atoms with Gasteiger partial charge in [-0.2, -0.15) is 0 Å². The molecular formula is C17H22N2O2. The van der Waals surface area contributed by atoms with Crippen molar-refractivity contribution < 1.29 is 9.47 Å². The first kappa shape index (κ1) is 12.3. The van der Waals surface area contributed by atoms with E-state index in [9.17, 15) is 0 Å². The Kier molecular flexibility index (Phi) is 2.70. The van der Waals surface area contributed by atoms with Crippen LogP contribution < -0.4 is 14.8 Å². The Morgan fingerprint density at radius 3 is 3.05 bits per heavy atom. The molecule has 4 heterocycles. The molecule has 0 aliphatic carbocycles. The van der Waals surface area contributed by atoms with Crippen molar-refractivity contribution in [2.24, 2.45) is 5.92 Å². The Morgan fingerprint density at radius 1 is 1.19 bits per heavy atom. The zero-order chi connectivity index (χ0) is 13.8. The topological polar surface area (TPSA) is 33.7 Å². The van der Waals surface area contributed by atoms with Crippen LogP contribution in [0.2, 0.25) is 0 Å². The maximum Gasteiger partial charge on any atom is 0.231 e. The third kappa shape index (κ3) is 1.89. The molecule has 3 unspecified atom stereocenters. The molecule has 1 aromatic carbocycles. The SMILES string of the molecule is c1c2c(cc3c1OCO3)C1CC3NCCCC3CN1CC2. The van der Waals surface area contributed by atoms with Crippen LogP contribution in [-0.4, -0.2) is 37.4 Å². The fourth-order valence-corrected chi connectivity index (χ4v) is 4.69. The van der Waals surface area contributed by atoms with Crippen molar-refractivity contribution in [3.8, 4) is 11.5 Å². The summed E-state index contributed by atoms with van der Waals surface area (Å²) >= 11 is 0. The second-order valence-corrected chi connectivity index (χ2v) is 6.86. The molecule has 1 N–H and O–H groups in total. The number of rotatable bonds is 0. The van der Waals surface area contributed by atoms with Crippen molar-refractivity contribution in [1.82, 2.24) is 10.2 Å². The van der Waals surface area contributed by atoms with Crippen molar-refractivity contribution in [3.63, 3.8) is 0 Å². The third-order valence-corrected chi connectivity index (χ3v) is 5.78. The minimum absolute atomic E-state index is 0.374. The van der Waals surface area contributed by atoms with Gasteiger partial charge >= 0.3 is 0 Å². The number of benzene rings is 1. The number of nitrogens with one attached hydrogen (secondary N) is 1. The van der Waals surface area contributed by atoms with Gasteiger partial charge in [0.05, 0.1) is 0 Å². The van der Waals surface area contributed by atoms with Gasteiger partial charge in [0.25, 0.3) is 0 Å². The predicted octanol–water partition coefficient (Wildman–Crippen LogP) is 2.09. The molecule has 112 valence electrons. The smallest absolute Gasteiger partial charge is 0.231 e. The molecule has 0 spiro atoms. The summed E-state index contributed by atoms with van der Waals surface area (Å²) in [5.41, 5.74) is 2.95. The first-order valence-corrected chi connectivity index (χ1v) is 8.28. The number of nitrogens with zero attached hydrogens (tertiary/aromatic N) is 1. The van der Waals surface area contributed by atoms with Gasteiger partial charge in [-0.1, -0.05) is 0 Å². The molecule has 0 amide bonds. The minimum atomic E-state index is 0.374. The van der Waals surface area contributed by atoms with Gasteiger partial charge in [-0.15, -0.1) is 0 Å². The normalized spacial score (nSPS) is 34.0. The van der Waals surface area contributed by atoms with Crippen molar-refractivity contribution in [2.75, 3.05) is 26.4 Å². The van der Waals surface area contributed by atoms with Crippen LogP contribution >= 0.6 is 0 Å². The monoisotopic (exact) mass is 286 g/mol. The van der Waals surface area contributed by atoms with Crippen LogP contribution in [-0.2, 0) is 6.42 Å². The van der Waals surface area contributed by atoms with Crippen LogP contribution in [0.25, 0.3) is 0 Å². The van der Waals surface area contributed by atoms with Crippen LogP contribution in [0.3, 0.4) is 0 Å². The highest BCUT2D eigenvalue weighted by molar-refractivity contribution is 5.50. The van der Waals surface area contributed by atoms with Crippen LogP contribution in [0.1, 0.15) is 36.4 Å². The average Bonchev–Trinajstić information content (AvgIpc) is 2.98. The molecule has 4 nitrogen and oxygen atoms in total. The van der Waals surface area contributed by atoms with Crippen molar-refractivity contribution in [2.45, 2.75) is 37.8 Å². The van der Waals surface area contributed by atoms with Gasteiger partial charge in [-0.05, 0) is 61.4 Å². The molecule has 0 bridgehead atoms. The molecule has 2 fully saturated rings. The lowest BCUT2D eigenvalue weighted by Crippen LogP contribution is -2.54. The van der Waals surface area contributed by atoms with Crippen molar-refractivity contribution in [3.05, 3.63) is 23.3 Å². The lowest BCUT2D eigenvalue weighted by atomic mass is 9.77. The molecule has 0 aromatic heterocycles. The van der Waals surface area contributed by atoms with Crippen LogP contribution in [0, 0.1) is 5.92 Å². The summed E-state index contributed by atoms with van der Waals surface area (Å²) in [6.45, 7) is 4.03. The van der Waals surface area contributed by atoms with Crippen LogP contribution in [0.15, 0.2) is 12.1 Å². The van der Waals surface area contributed by atoms with E-state index in [-0.39, 0.29) is 0 Å². The molecule has 4 aliphatic heterocycles. The number of hydrogen-bond donors (Lipinski definition) is 1.